The fourth-order valence-corrected chi connectivity index (χ4v) is 3.84. The molecule has 2 aromatic heterocycles. The van der Waals surface area contributed by atoms with Crippen molar-refractivity contribution in [3.8, 4) is 0 Å². The fraction of sp³-hybridized carbons (Fsp3) is 0.381. The predicted molar refractivity (Wildman–Crippen MR) is 106 cm³/mol. The number of hydrogen-bond acceptors (Lipinski definition) is 4. The van der Waals surface area contributed by atoms with Crippen LogP contribution < -0.4 is 4.90 Å². The summed E-state index contributed by atoms with van der Waals surface area (Å²) in [7, 11) is 0. The SMILES string of the molecule is CCN(Cc1ccc2[nH]ccc2c1)C(=O)C1CCN(c2cnccn2)CC1. The number of amides is 1. The topological polar surface area (TPSA) is 65.1 Å². The second kappa shape index (κ2) is 7.78. The van der Waals surface area contributed by atoms with Gasteiger partial charge >= 0.3 is 0 Å². The van der Waals surface area contributed by atoms with E-state index in [0.717, 1.165) is 43.8 Å². The number of rotatable bonds is 5. The summed E-state index contributed by atoms with van der Waals surface area (Å²) in [5, 5.41) is 1.19. The molecule has 1 aliphatic heterocycles. The van der Waals surface area contributed by atoms with Gasteiger partial charge in [0.2, 0.25) is 5.91 Å². The van der Waals surface area contributed by atoms with Crippen LogP contribution in [0.2, 0.25) is 0 Å². The second-order valence-corrected chi connectivity index (χ2v) is 7.08. The third kappa shape index (κ3) is 3.79. The molecular formula is C21H25N5O. The molecule has 3 aromatic rings. The van der Waals surface area contributed by atoms with Gasteiger partial charge in [0.15, 0.2) is 0 Å². The summed E-state index contributed by atoms with van der Waals surface area (Å²) >= 11 is 0. The summed E-state index contributed by atoms with van der Waals surface area (Å²) in [5.41, 5.74) is 2.30. The van der Waals surface area contributed by atoms with Gasteiger partial charge in [0.1, 0.15) is 5.82 Å². The molecular weight excluding hydrogens is 338 g/mol. The molecule has 1 fully saturated rings. The van der Waals surface area contributed by atoms with Crippen LogP contribution in [0, 0.1) is 5.92 Å². The van der Waals surface area contributed by atoms with E-state index in [1.807, 2.05) is 11.1 Å². The molecule has 6 nitrogen and oxygen atoms in total. The summed E-state index contributed by atoms with van der Waals surface area (Å²) in [6.07, 6.45) is 8.86. The van der Waals surface area contributed by atoms with Gasteiger partial charge in [-0.1, -0.05) is 6.07 Å². The smallest absolute Gasteiger partial charge is 0.226 e. The second-order valence-electron chi connectivity index (χ2n) is 7.08. The van der Waals surface area contributed by atoms with Gasteiger partial charge in [-0.25, -0.2) is 4.98 Å². The van der Waals surface area contributed by atoms with Gasteiger partial charge < -0.3 is 14.8 Å². The van der Waals surface area contributed by atoms with E-state index in [9.17, 15) is 4.79 Å². The molecule has 0 aliphatic carbocycles. The minimum absolute atomic E-state index is 0.0915. The van der Waals surface area contributed by atoms with Crippen molar-refractivity contribution in [1.82, 2.24) is 19.9 Å². The number of H-pyrrole nitrogens is 1. The lowest BCUT2D eigenvalue weighted by Gasteiger charge is -2.34. The zero-order chi connectivity index (χ0) is 18.6. The number of aromatic nitrogens is 3. The molecule has 1 aromatic carbocycles. The summed E-state index contributed by atoms with van der Waals surface area (Å²) in [4.78, 5) is 29.0. The monoisotopic (exact) mass is 363 g/mol. The molecule has 1 amide bonds. The van der Waals surface area contributed by atoms with Crippen LogP contribution in [0.4, 0.5) is 5.82 Å². The maximum absolute atomic E-state index is 13.1. The number of anilines is 1. The molecule has 1 saturated heterocycles. The normalized spacial score (nSPS) is 15.2. The van der Waals surface area contributed by atoms with E-state index < -0.39 is 0 Å². The van der Waals surface area contributed by atoms with E-state index in [2.05, 4.69) is 51.0 Å². The number of nitrogens with zero attached hydrogens (tertiary/aromatic N) is 4. The first-order valence-corrected chi connectivity index (χ1v) is 9.60. The quantitative estimate of drug-likeness (QED) is 0.756. The van der Waals surface area contributed by atoms with Gasteiger partial charge in [-0.2, -0.15) is 0 Å². The molecule has 0 spiro atoms. The van der Waals surface area contributed by atoms with Crippen LogP contribution in [-0.4, -0.2) is 45.4 Å². The van der Waals surface area contributed by atoms with Crippen LogP contribution in [0.1, 0.15) is 25.3 Å². The molecule has 1 aliphatic rings. The maximum atomic E-state index is 13.1. The van der Waals surface area contributed by atoms with Gasteiger partial charge in [-0.05, 0) is 48.9 Å². The van der Waals surface area contributed by atoms with Crippen LogP contribution in [0.5, 0.6) is 0 Å². The molecule has 1 N–H and O–H groups in total. The molecule has 140 valence electrons. The summed E-state index contributed by atoms with van der Waals surface area (Å²) in [6, 6.07) is 8.42. The number of piperidine rings is 1. The Labute approximate surface area is 159 Å². The average Bonchev–Trinajstić information content (AvgIpc) is 3.20. The molecule has 4 rings (SSSR count). The van der Waals surface area contributed by atoms with Crippen molar-refractivity contribution < 1.29 is 4.79 Å². The first kappa shape index (κ1) is 17.5. The van der Waals surface area contributed by atoms with Gasteiger partial charge in [-0.3, -0.25) is 9.78 Å². The van der Waals surface area contributed by atoms with Crippen LogP contribution in [0.3, 0.4) is 0 Å². The van der Waals surface area contributed by atoms with Crippen molar-refractivity contribution >= 4 is 22.6 Å². The Bertz CT molecular complexity index is 899. The summed E-state index contributed by atoms with van der Waals surface area (Å²) in [5.74, 6) is 1.26. The molecule has 0 atom stereocenters. The highest BCUT2D eigenvalue weighted by Crippen LogP contribution is 2.24. The standard InChI is InChI=1S/C21H25N5O/c1-2-25(15-16-3-4-19-18(13-16)5-8-23-19)21(27)17-6-11-26(12-7-17)20-14-22-9-10-24-20/h3-5,8-10,13-14,17,23H,2,6-7,11-12,15H2,1H3. The average molecular weight is 363 g/mol. The Morgan fingerprint density at radius 1 is 1.26 bits per heavy atom. The summed E-state index contributed by atoms with van der Waals surface area (Å²) < 4.78 is 0. The molecule has 0 saturated carbocycles. The molecule has 27 heavy (non-hydrogen) atoms. The minimum atomic E-state index is 0.0915. The van der Waals surface area contributed by atoms with Gasteiger partial charge in [-0.15, -0.1) is 0 Å². The third-order valence-corrected chi connectivity index (χ3v) is 5.40. The number of aromatic amines is 1. The summed E-state index contributed by atoms with van der Waals surface area (Å²) in [6.45, 7) is 5.15. The zero-order valence-corrected chi connectivity index (χ0v) is 15.6. The number of benzene rings is 1. The Hall–Kier alpha value is -2.89. The molecule has 0 bridgehead atoms. The van der Waals surface area contributed by atoms with E-state index in [-0.39, 0.29) is 11.8 Å². The lowest BCUT2D eigenvalue weighted by atomic mass is 9.95. The van der Waals surface area contributed by atoms with Crippen LogP contribution >= 0.6 is 0 Å². The number of nitrogens with one attached hydrogen (secondary N) is 1. The third-order valence-electron chi connectivity index (χ3n) is 5.40. The predicted octanol–water partition coefficient (Wildman–Crippen LogP) is 3.22. The van der Waals surface area contributed by atoms with Crippen molar-refractivity contribution in [3.63, 3.8) is 0 Å². The fourth-order valence-electron chi connectivity index (χ4n) is 3.84. The largest absolute Gasteiger partial charge is 0.361 e. The number of fused-ring (bicyclic) bond motifs is 1. The first-order valence-electron chi connectivity index (χ1n) is 9.60. The van der Waals surface area contributed by atoms with Crippen molar-refractivity contribution in [2.45, 2.75) is 26.3 Å². The molecule has 3 heterocycles. The van der Waals surface area contributed by atoms with E-state index >= 15 is 0 Å². The maximum Gasteiger partial charge on any atom is 0.226 e. The highest BCUT2D eigenvalue weighted by Gasteiger charge is 2.28. The molecule has 0 unspecified atom stereocenters. The zero-order valence-electron chi connectivity index (χ0n) is 15.6. The highest BCUT2D eigenvalue weighted by molar-refractivity contribution is 5.81. The lowest BCUT2D eigenvalue weighted by molar-refractivity contribution is -0.136. The Morgan fingerprint density at radius 2 is 2.11 bits per heavy atom. The number of carbonyl (C=O) groups is 1. The molecule has 6 heteroatoms. The van der Waals surface area contributed by atoms with E-state index in [1.54, 1.807) is 18.6 Å². The van der Waals surface area contributed by atoms with Gasteiger partial charge in [0, 0.05) is 56.2 Å². The lowest BCUT2D eigenvalue weighted by Crippen LogP contribution is -2.42. The Kier molecular flexibility index (Phi) is 5.05. The first-order chi connectivity index (χ1) is 13.2. The van der Waals surface area contributed by atoms with Crippen LogP contribution in [0.25, 0.3) is 10.9 Å². The van der Waals surface area contributed by atoms with Crippen molar-refractivity contribution in [2.75, 3.05) is 24.5 Å². The molecule has 0 radical (unpaired) electrons. The van der Waals surface area contributed by atoms with E-state index in [4.69, 9.17) is 0 Å². The van der Waals surface area contributed by atoms with Crippen molar-refractivity contribution in [1.29, 1.82) is 0 Å². The van der Waals surface area contributed by atoms with Crippen LogP contribution in [0.15, 0.2) is 49.1 Å². The van der Waals surface area contributed by atoms with E-state index in [0.29, 0.717) is 6.54 Å². The Balaban J connectivity index is 1.38. The van der Waals surface area contributed by atoms with Gasteiger partial charge in [0.25, 0.3) is 0 Å². The van der Waals surface area contributed by atoms with Crippen LogP contribution in [-0.2, 0) is 11.3 Å². The highest BCUT2D eigenvalue weighted by atomic mass is 16.2. The Morgan fingerprint density at radius 3 is 2.85 bits per heavy atom. The van der Waals surface area contributed by atoms with Gasteiger partial charge in [0.05, 0.1) is 6.20 Å². The van der Waals surface area contributed by atoms with Crippen molar-refractivity contribution in [3.05, 3.63) is 54.6 Å². The van der Waals surface area contributed by atoms with E-state index in [1.165, 1.54) is 10.9 Å². The van der Waals surface area contributed by atoms with Crippen molar-refractivity contribution in [2.24, 2.45) is 5.92 Å². The number of carbonyl (C=O) groups excluding carboxylic acids is 1. The number of hydrogen-bond donors (Lipinski definition) is 1. The minimum Gasteiger partial charge on any atom is -0.361 e.